The van der Waals surface area contributed by atoms with Gasteiger partial charge in [-0.15, -0.1) is 0 Å². The van der Waals surface area contributed by atoms with Crippen molar-refractivity contribution in [1.82, 2.24) is 4.90 Å². The first kappa shape index (κ1) is 17.2. The number of nitrogens with one attached hydrogen (secondary N) is 1. The van der Waals surface area contributed by atoms with Crippen molar-refractivity contribution in [2.75, 3.05) is 38.2 Å². The molecular formula is C19H28N2O3. The summed E-state index contributed by atoms with van der Waals surface area (Å²) in [6.45, 7) is 9.78. The molecular weight excluding hydrogens is 304 g/mol. The number of likely N-dealkylation sites (tertiary alicyclic amines) is 1. The Hall–Kier alpha value is -1.59. The molecule has 2 saturated heterocycles. The molecule has 2 heterocycles. The number of benzene rings is 1. The molecule has 1 aromatic rings. The lowest BCUT2D eigenvalue weighted by Crippen LogP contribution is -2.47. The molecule has 3 rings (SSSR count). The van der Waals surface area contributed by atoms with E-state index in [4.69, 9.17) is 9.47 Å². The molecule has 0 aliphatic carbocycles. The third-order valence-corrected chi connectivity index (χ3v) is 5.01. The minimum Gasteiger partial charge on any atom is -0.384 e. The number of aryl methyl sites for hydroxylation is 3. The van der Waals surface area contributed by atoms with E-state index in [1.54, 1.807) is 0 Å². The van der Waals surface area contributed by atoms with Gasteiger partial charge in [-0.1, -0.05) is 17.7 Å². The Labute approximate surface area is 144 Å². The normalized spacial score (nSPS) is 19.7. The highest BCUT2D eigenvalue weighted by atomic mass is 16.7. The van der Waals surface area contributed by atoms with E-state index < -0.39 is 5.79 Å². The summed E-state index contributed by atoms with van der Waals surface area (Å²) in [6, 6.07) is 4.34. The number of nitrogens with zero attached hydrogens (tertiary/aromatic N) is 1. The molecule has 2 fully saturated rings. The Kier molecular flexibility index (Phi) is 5.11. The molecule has 24 heavy (non-hydrogen) atoms. The third kappa shape index (κ3) is 3.73. The van der Waals surface area contributed by atoms with Crippen LogP contribution in [0.25, 0.3) is 0 Å². The first-order chi connectivity index (χ1) is 11.5. The van der Waals surface area contributed by atoms with Gasteiger partial charge in [0.15, 0.2) is 5.79 Å². The quantitative estimate of drug-likeness (QED) is 0.921. The Morgan fingerprint density at radius 3 is 2.29 bits per heavy atom. The summed E-state index contributed by atoms with van der Waals surface area (Å²) in [7, 11) is 0. The maximum Gasteiger partial charge on any atom is 0.224 e. The molecule has 0 bridgehead atoms. The smallest absolute Gasteiger partial charge is 0.224 e. The van der Waals surface area contributed by atoms with E-state index in [-0.39, 0.29) is 5.91 Å². The molecule has 2 aliphatic heterocycles. The molecule has 5 nitrogen and oxygen atoms in total. The molecule has 2 aliphatic rings. The first-order valence-corrected chi connectivity index (χ1v) is 8.86. The standard InChI is InChI=1S/C19H28N2O3/c1-14-12-15(2)18(16(3)13-14)20-7-4-17(22)21-8-5-19(6-9-21)23-10-11-24-19/h12-13,20H,4-11H2,1-3H3. The summed E-state index contributed by atoms with van der Waals surface area (Å²) in [5.41, 5.74) is 4.88. The Balaban J connectivity index is 1.47. The highest BCUT2D eigenvalue weighted by molar-refractivity contribution is 5.77. The van der Waals surface area contributed by atoms with Gasteiger partial charge in [0.2, 0.25) is 5.91 Å². The maximum atomic E-state index is 12.4. The fourth-order valence-electron chi connectivity index (χ4n) is 3.79. The van der Waals surface area contributed by atoms with Crippen LogP contribution in [-0.4, -0.2) is 49.4 Å². The van der Waals surface area contributed by atoms with Gasteiger partial charge < -0.3 is 19.7 Å². The van der Waals surface area contributed by atoms with Crippen LogP contribution >= 0.6 is 0 Å². The van der Waals surface area contributed by atoms with Crippen LogP contribution in [-0.2, 0) is 14.3 Å². The van der Waals surface area contributed by atoms with E-state index in [1.165, 1.54) is 16.7 Å². The number of anilines is 1. The van der Waals surface area contributed by atoms with Crippen LogP contribution in [0.2, 0.25) is 0 Å². The summed E-state index contributed by atoms with van der Waals surface area (Å²) in [6.07, 6.45) is 2.08. The van der Waals surface area contributed by atoms with Crippen LogP contribution in [0.15, 0.2) is 12.1 Å². The number of piperidine rings is 1. The second-order valence-electron chi connectivity index (χ2n) is 6.94. The van der Waals surface area contributed by atoms with Crippen molar-refractivity contribution in [2.24, 2.45) is 0 Å². The number of carbonyl (C=O) groups is 1. The topological polar surface area (TPSA) is 50.8 Å². The van der Waals surface area contributed by atoms with E-state index >= 15 is 0 Å². The van der Waals surface area contributed by atoms with Gasteiger partial charge in [-0.3, -0.25) is 4.79 Å². The second kappa shape index (κ2) is 7.11. The molecule has 1 aromatic carbocycles. The van der Waals surface area contributed by atoms with Crippen LogP contribution in [0.1, 0.15) is 36.0 Å². The molecule has 1 N–H and O–H groups in total. The van der Waals surface area contributed by atoms with Gasteiger partial charge in [-0.05, 0) is 31.9 Å². The lowest BCUT2D eigenvalue weighted by molar-refractivity contribution is -0.187. The molecule has 132 valence electrons. The summed E-state index contributed by atoms with van der Waals surface area (Å²) in [5, 5.41) is 3.43. The molecule has 0 atom stereocenters. The van der Waals surface area contributed by atoms with E-state index in [9.17, 15) is 4.79 Å². The number of amides is 1. The van der Waals surface area contributed by atoms with Gasteiger partial charge in [-0.2, -0.15) is 0 Å². The maximum absolute atomic E-state index is 12.4. The van der Waals surface area contributed by atoms with Crippen LogP contribution in [0, 0.1) is 20.8 Å². The lowest BCUT2D eigenvalue weighted by Gasteiger charge is -2.37. The molecule has 1 amide bonds. The largest absolute Gasteiger partial charge is 0.384 e. The Morgan fingerprint density at radius 2 is 1.71 bits per heavy atom. The summed E-state index contributed by atoms with van der Waals surface area (Å²) in [5.74, 6) is -0.205. The highest BCUT2D eigenvalue weighted by Crippen LogP contribution is 2.31. The molecule has 0 unspecified atom stereocenters. The number of hydrogen-bond acceptors (Lipinski definition) is 4. The number of carbonyl (C=O) groups excluding carboxylic acids is 1. The van der Waals surface area contributed by atoms with Crippen molar-refractivity contribution in [3.05, 3.63) is 28.8 Å². The predicted octanol–water partition coefficient (Wildman–Crippen LogP) is 2.78. The van der Waals surface area contributed by atoms with Gasteiger partial charge in [0.1, 0.15) is 0 Å². The molecule has 0 aromatic heterocycles. The highest BCUT2D eigenvalue weighted by Gasteiger charge is 2.40. The van der Waals surface area contributed by atoms with Crippen molar-refractivity contribution < 1.29 is 14.3 Å². The minimum atomic E-state index is -0.412. The Morgan fingerprint density at radius 1 is 1.12 bits per heavy atom. The monoisotopic (exact) mass is 332 g/mol. The zero-order chi connectivity index (χ0) is 17.2. The molecule has 5 heteroatoms. The van der Waals surface area contributed by atoms with Crippen molar-refractivity contribution in [3.8, 4) is 0 Å². The molecule has 0 radical (unpaired) electrons. The van der Waals surface area contributed by atoms with E-state index in [0.717, 1.165) is 31.6 Å². The summed E-state index contributed by atoms with van der Waals surface area (Å²) < 4.78 is 11.4. The SMILES string of the molecule is Cc1cc(C)c(NCCC(=O)N2CCC3(CC2)OCCO3)c(C)c1. The van der Waals surface area contributed by atoms with Gasteiger partial charge in [-0.25, -0.2) is 0 Å². The van der Waals surface area contributed by atoms with E-state index in [0.29, 0.717) is 26.2 Å². The van der Waals surface area contributed by atoms with Gasteiger partial charge in [0.05, 0.1) is 13.2 Å². The van der Waals surface area contributed by atoms with Crippen LogP contribution < -0.4 is 5.32 Å². The Bertz CT molecular complexity index is 576. The fourth-order valence-corrected chi connectivity index (χ4v) is 3.79. The zero-order valence-electron chi connectivity index (χ0n) is 15.0. The fraction of sp³-hybridized carbons (Fsp3) is 0.632. The molecule has 0 saturated carbocycles. The first-order valence-electron chi connectivity index (χ1n) is 8.86. The van der Waals surface area contributed by atoms with Crippen molar-refractivity contribution in [1.29, 1.82) is 0 Å². The van der Waals surface area contributed by atoms with Crippen molar-refractivity contribution in [3.63, 3.8) is 0 Å². The lowest BCUT2D eigenvalue weighted by atomic mass is 10.0. The van der Waals surface area contributed by atoms with E-state index in [2.05, 4.69) is 38.2 Å². The van der Waals surface area contributed by atoms with Crippen molar-refractivity contribution in [2.45, 2.75) is 45.8 Å². The number of rotatable bonds is 4. The second-order valence-corrected chi connectivity index (χ2v) is 6.94. The predicted molar refractivity (Wildman–Crippen MR) is 94.2 cm³/mol. The van der Waals surface area contributed by atoms with Crippen LogP contribution in [0.5, 0.6) is 0 Å². The molecule has 1 spiro atoms. The average Bonchev–Trinajstić information content (AvgIpc) is 2.98. The van der Waals surface area contributed by atoms with Gasteiger partial charge in [0, 0.05) is 44.6 Å². The summed E-state index contributed by atoms with van der Waals surface area (Å²) in [4.78, 5) is 14.4. The number of ether oxygens (including phenoxy) is 2. The third-order valence-electron chi connectivity index (χ3n) is 5.01. The summed E-state index contributed by atoms with van der Waals surface area (Å²) >= 11 is 0. The zero-order valence-corrected chi connectivity index (χ0v) is 15.0. The van der Waals surface area contributed by atoms with E-state index in [1.807, 2.05) is 4.90 Å². The van der Waals surface area contributed by atoms with Gasteiger partial charge in [0.25, 0.3) is 0 Å². The van der Waals surface area contributed by atoms with Crippen LogP contribution in [0.4, 0.5) is 5.69 Å². The van der Waals surface area contributed by atoms with Crippen molar-refractivity contribution >= 4 is 11.6 Å². The minimum absolute atomic E-state index is 0.206. The average molecular weight is 332 g/mol. The van der Waals surface area contributed by atoms with Gasteiger partial charge >= 0.3 is 0 Å². The van der Waals surface area contributed by atoms with Crippen LogP contribution in [0.3, 0.4) is 0 Å². The number of hydrogen-bond donors (Lipinski definition) is 1.